The third-order valence-corrected chi connectivity index (χ3v) is 3.44. The van der Waals surface area contributed by atoms with Crippen molar-refractivity contribution in [2.45, 2.75) is 37.8 Å². The molecule has 16 heavy (non-hydrogen) atoms. The number of hydrogen-bond acceptors (Lipinski definition) is 2. The molecule has 2 N–H and O–H groups in total. The molecule has 0 aliphatic carbocycles. The molecule has 0 radical (unpaired) electrons. The molecular formula is C13H18ClNO. The summed E-state index contributed by atoms with van der Waals surface area (Å²) in [5, 5.41) is 0.755. The van der Waals surface area contributed by atoms with Crippen molar-refractivity contribution in [2.75, 3.05) is 6.61 Å². The predicted molar refractivity (Wildman–Crippen MR) is 66.6 cm³/mol. The van der Waals surface area contributed by atoms with E-state index in [0.29, 0.717) is 6.10 Å². The Hall–Kier alpha value is -0.570. The molecule has 2 unspecified atom stereocenters. The van der Waals surface area contributed by atoms with E-state index in [1.165, 1.54) is 12.8 Å². The van der Waals surface area contributed by atoms with Crippen molar-refractivity contribution in [3.63, 3.8) is 0 Å². The summed E-state index contributed by atoms with van der Waals surface area (Å²) in [5.41, 5.74) is 7.19. The van der Waals surface area contributed by atoms with Gasteiger partial charge in [-0.05, 0) is 37.3 Å². The highest BCUT2D eigenvalue weighted by atomic mass is 35.5. The van der Waals surface area contributed by atoms with Crippen LogP contribution < -0.4 is 5.73 Å². The van der Waals surface area contributed by atoms with Gasteiger partial charge in [0.2, 0.25) is 0 Å². The fourth-order valence-corrected chi connectivity index (χ4v) is 2.46. The molecule has 1 aliphatic heterocycles. The Balaban J connectivity index is 1.96. The number of rotatable bonds is 3. The van der Waals surface area contributed by atoms with Crippen molar-refractivity contribution in [3.8, 4) is 0 Å². The Kier molecular flexibility index (Phi) is 4.22. The maximum Gasteiger partial charge on any atom is 0.0593 e. The quantitative estimate of drug-likeness (QED) is 0.879. The van der Waals surface area contributed by atoms with Gasteiger partial charge in [-0.1, -0.05) is 29.8 Å². The van der Waals surface area contributed by atoms with Gasteiger partial charge in [0.05, 0.1) is 6.10 Å². The average Bonchev–Trinajstić information content (AvgIpc) is 2.31. The zero-order valence-corrected chi connectivity index (χ0v) is 10.1. The number of halogens is 1. The third-order valence-electron chi connectivity index (χ3n) is 3.10. The van der Waals surface area contributed by atoms with Gasteiger partial charge in [0.1, 0.15) is 0 Å². The number of benzene rings is 1. The van der Waals surface area contributed by atoms with Crippen LogP contribution >= 0.6 is 11.6 Å². The van der Waals surface area contributed by atoms with Crippen LogP contribution in [0.25, 0.3) is 0 Å². The molecule has 1 heterocycles. The fourth-order valence-electron chi connectivity index (χ4n) is 2.18. The molecule has 1 aromatic carbocycles. The van der Waals surface area contributed by atoms with Crippen LogP contribution in [0.15, 0.2) is 24.3 Å². The zero-order valence-electron chi connectivity index (χ0n) is 9.36. The van der Waals surface area contributed by atoms with Crippen molar-refractivity contribution in [3.05, 3.63) is 34.9 Å². The first-order chi connectivity index (χ1) is 7.77. The van der Waals surface area contributed by atoms with Gasteiger partial charge in [0.25, 0.3) is 0 Å². The topological polar surface area (TPSA) is 35.2 Å². The van der Waals surface area contributed by atoms with Crippen LogP contribution in [0.1, 0.15) is 37.3 Å². The second-order valence-electron chi connectivity index (χ2n) is 4.35. The van der Waals surface area contributed by atoms with E-state index in [2.05, 4.69) is 0 Å². The summed E-state index contributed by atoms with van der Waals surface area (Å²) in [6, 6.07) is 7.77. The first-order valence-corrected chi connectivity index (χ1v) is 6.27. The lowest BCUT2D eigenvalue weighted by Gasteiger charge is -2.25. The molecule has 2 atom stereocenters. The van der Waals surface area contributed by atoms with Gasteiger partial charge >= 0.3 is 0 Å². The molecular weight excluding hydrogens is 222 g/mol. The predicted octanol–water partition coefficient (Wildman–Crippen LogP) is 3.30. The monoisotopic (exact) mass is 239 g/mol. The lowest BCUT2D eigenvalue weighted by Crippen LogP contribution is -2.25. The highest BCUT2D eigenvalue weighted by Gasteiger charge is 2.19. The van der Waals surface area contributed by atoms with E-state index in [1.54, 1.807) is 0 Å². The highest BCUT2D eigenvalue weighted by Crippen LogP contribution is 2.27. The van der Waals surface area contributed by atoms with Crippen molar-refractivity contribution in [2.24, 2.45) is 5.73 Å². The van der Waals surface area contributed by atoms with Crippen LogP contribution in [0.4, 0.5) is 0 Å². The molecule has 1 saturated heterocycles. The van der Waals surface area contributed by atoms with Gasteiger partial charge in [-0.3, -0.25) is 0 Å². The molecule has 2 rings (SSSR count). The van der Waals surface area contributed by atoms with Gasteiger partial charge < -0.3 is 10.5 Å². The Morgan fingerprint density at radius 1 is 1.38 bits per heavy atom. The molecule has 1 aliphatic rings. The SMILES string of the molecule is NC(CC1CCCCO1)c1ccccc1Cl. The normalized spacial score (nSPS) is 23.0. The molecule has 1 fully saturated rings. The Bertz CT molecular complexity index is 336. The van der Waals surface area contributed by atoms with Crippen molar-refractivity contribution in [1.29, 1.82) is 0 Å². The van der Waals surface area contributed by atoms with E-state index >= 15 is 0 Å². The molecule has 0 spiro atoms. The summed E-state index contributed by atoms with van der Waals surface area (Å²) >= 11 is 6.12. The van der Waals surface area contributed by atoms with Crippen molar-refractivity contribution in [1.82, 2.24) is 0 Å². The standard InChI is InChI=1S/C13H18ClNO/c14-12-7-2-1-6-11(12)13(15)9-10-5-3-4-8-16-10/h1-2,6-7,10,13H,3-5,8-9,15H2. The van der Waals surface area contributed by atoms with Crippen LogP contribution in [0.5, 0.6) is 0 Å². The minimum absolute atomic E-state index is 0.0169. The van der Waals surface area contributed by atoms with E-state index in [0.717, 1.165) is 30.0 Å². The van der Waals surface area contributed by atoms with E-state index in [4.69, 9.17) is 22.1 Å². The molecule has 2 nitrogen and oxygen atoms in total. The zero-order chi connectivity index (χ0) is 11.4. The van der Waals surface area contributed by atoms with Crippen molar-refractivity contribution < 1.29 is 4.74 Å². The molecule has 0 amide bonds. The van der Waals surface area contributed by atoms with Crippen LogP contribution in [0.3, 0.4) is 0 Å². The number of ether oxygens (including phenoxy) is 1. The van der Waals surface area contributed by atoms with Gasteiger partial charge in [0.15, 0.2) is 0 Å². The van der Waals surface area contributed by atoms with E-state index < -0.39 is 0 Å². The van der Waals surface area contributed by atoms with Crippen LogP contribution in [-0.4, -0.2) is 12.7 Å². The average molecular weight is 240 g/mol. The summed E-state index contributed by atoms with van der Waals surface area (Å²) in [6.07, 6.45) is 4.72. The second kappa shape index (κ2) is 5.67. The fraction of sp³-hybridized carbons (Fsp3) is 0.538. The molecule has 0 saturated carbocycles. The Morgan fingerprint density at radius 2 is 2.19 bits per heavy atom. The van der Waals surface area contributed by atoms with Gasteiger partial charge in [-0.15, -0.1) is 0 Å². The van der Waals surface area contributed by atoms with Gasteiger partial charge in [-0.25, -0.2) is 0 Å². The first kappa shape index (κ1) is 11.9. The lowest BCUT2D eigenvalue weighted by molar-refractivity contribution is 0.00730. The van der Waals surface area contributed by atoms with Gasteiger partial charge in [-0.2, -0.15) is 0 Å². The van der Waals surface area contributed by atoms with Gasteiger partial charge in [0, 0.05) is 17.7 Å². The Morgan fingerprint density at radius 3 is 2.88 bits per heavy atom. The summed E-state index contributed by atoms with van der Waals surface area (Å²) in [5.74, 6) is 0. The maximum absolute atomic E-state index is 6.16. The maximum atomic E-state index is 6.16. The summed E-state index contributed by atoms with van der Waals surface area (Å²) in [4.78, 5) is 0. The molecule has 1 aromatic rings. The smallest absolute Gasteiger partial charge is 0.0593 e. The van der Waals surface area contributed by atoms with E-state index in [9.17, 15) is 0 Å². The van der Waals surface area contributed by atoms with Crippen LogP contribution in [-0.2, 0) is 4.74 Å². The molecule has 3 heteroatoms. The largest absolute Gasteiger partial charge is 0.378 e. The van der Waals surface area contributed by atoms with Crippen LogP contribution in [0, 0.1) is 0 Å². The minimum atomic E-state index is -0.0169. The van der Waals surface area contributed by atoms with Crippen molar-refractivity contribution >= 4 is 11.6 Å². The third kappa shape index (κ3) is 2.97. The summed E-state index contributed by atoms with van der Waals surface area (Å²) < 4.78 is 5.69. The Labute approximate surface area is 102 Å². The molecule has 0 aromatic heterocycles. The van der Waals surface area contributed by atoms with E-state index in [-0.39, 0.29) is 6.04 Å². The second-order valence-corrected chi connectivity index (χ2v) is 4.76. The summed E-state index contributed by atoms with van der Waals surface area (Å²) in [7, 11) is 0. The number of nitrogens with two attached hydrogens (primary N) is 1. The minimum Gasteiger partial charge on any atom is -0.378 e. The molecule has 88 valence electrons. The summed E-state index contributed by atoms with van der Waals surface area (Å²) in [6.45, 7) is 0.875. The lowest BCUT2D eigenvalue weighted by atomic mass is 9.97. The van der Waals surface area contributed by atoms with Crippen LogP contribution in [0.2, 0.25) is 5.02 Å². The molecule has 0 bridgehead atoms. The first-order valence-electron chi connectivity index (χ1n) is 5.89. The highest BCUT2D eigenvalue weighted by molar-refractivity contribution is 6.31. The number of hydrogen-bond donors (Lipinski definition) is 1. The van der Waals surface area contributed by atoms with E-state index in [1.807, 2.05) is 24.3 Å².